The summed E-state index contributed by atoms with van der Waals surface area (Å²) >= 11 is 3.57. The first-order valence-electron chi connectivity index (χ1n) is 7.77. The number of pyridine rings is 1. The summed E-state index contributed by atoms with van der Waals surface area (Å²) in [6.07, 6.45) is 5.01. The normalized spacial score (nSPS) is 20.7. The number of carbonyl (C=O) groups is 1. The van der Waals surface area contributed by atoms with Crippen molar-refractivity contribution in [2.75, 3.05) is 24.3 Å². The molecule has 0 bridgehead atoms. The van der Waals surface area contributed by atoms with Crippen LogP contribution < -0.4 is 10.6 Å². The van der Waals surface area contributed by atoms with Crippen LogP contribution in [0.4, 0.5) is 0 Å². The number of hydrogen-bond donors (Lipinski definition) is 2. The fourth-order valence-electron chi connectivity index (χ4n) is 2.60. The van der Waals surface area contributed by atoms with Crippen molar-refractivity contribution in [1.82, 2.24) is 15.6 Å². The standard InChI is InChI=1S/C17H21N3OS2/c1-22-8-4-7-18-16(21)15-11-23-17(20-15)13-9-12-5-2-3-6-14(12)19-10-13/h2-3,5-6,9-10,15,17,20H,4,7-8,11H2,1H3,(H,18,21). The van der Waals surface area contributed by atoms with E-state index in [0.29, 0.717) is 0 Å². The van der Waals surface area contributed by atoms with Crippen LogP contribution in [0.15, 0.2) is 36.5 Å². The van der Waals surface area contributed by atoms with Gasteiger partial charge in [-0.1, -0.05) is 18.2 Å². The van der Waals surface area contributed by atoms with Gasteiger partial charge in [0.1, 0.15) is 0 Å². The highest BCUT2D eigenvalue weighted by Gasteiger charge is 2.30. The minimum atomic E-state index is -0.120. The zero-order valence-electron chi connectivity index (χ0n) is 13.1. The largest absolute Gasteiger partial charge is 0.355 e. The minimum Gasteiger partial charge on any atom is -0.355 e. The Morgan fingerprint density at radius 1 is 1.48 bits per heavy atom. The number of benzene rings is 1. The third kappa shape index (κ3) is 4.19. The minimum absolute atomic E-state index is 0.106. The van der Waals surface area contributed by atoms with Gasteiger partial charge in [-0.25, -0.2) is 0 Å². The summed E-state index contributed by atoms with van der Waals surface area (Å²) in [5.41, 5.74) is 2.13. The van der Waals surface area contributed by atoms with Crippen molar-refractivity contribution in [1.29, 1.82) is 0 Å². The predicted octanol–water partition coefficient (Wildman–Crippen LogP) is 2.81. The lowest BCUT2D eigenvalue weighted by Gasteiger charge is -2.14. The Morgan fingerprint density at radius 2 is 2.35 bits per heavy atom. The zero-order chi connectivity index (χ0) is 16.1. The molecule has 2 atom stereocenters. The maximum atomic E-state index is 12.2. The summed E-state index contributed by atoms with van der Waals surface area (Å²) in [5, 5.41) is 7.71. The fourth-order valence-corrected chi connectivity index (χ4v) is 4.25. The second-order valence-electron chi connectivity index (χ2n) is 5.53. The van der Waals surface area contributed by atoms with Gasteiger partial charge in [0.25, 0.3) is 0 Å². The molecular weight excluding hydrogens is 326 g/mol. The van der Waals surface area contributed by atoms with Gasteiger partial charge in [0, 0.05) is 23.9 Å². The first-order valence-corrected chi connectivity index (χ1v) is 10.2. The number of para-hydroxylation sites is 1. The predicted molar refractivity (Wildman–Crippen MR) is 99.9 cm³/mol. The fraction of sp³-hybridized carbons (Fsp3) is 0.412. The smallest absolute Gasteiger partial charge is 0.238 e. The molecule has 0 saturated carbocycles. The van der Waals surface area contributed by atoms with Gasteiger partial charge in [0.2, 0.25) is 5.91 Å². The number of aromatic nitrogens is 1. The number of rotatable bonds is 6. The number of carbonyl (C=O) groups excluding carboxylic acids is 1. The van der Waals surface area contributed by atoms with E-state index in [0.717, 1.165) is 40.9 Å². The highest BCUT2D eigenvalue weighted by atomic mass is 32.2. The van der Waals surface area contributed by atoms with Crippen molar-refractivity contribution >= 4 is 40.3 Å². The van der Waals surface area contributed by atoms with Crippen molar-refractivity contribution in [2.45, 2.75) is 17.8 Å². The molecule has 3 rings (SSSR count). The van der Waals surface area contributed by atoms with E-state index in [1.165, 1.54) is 0 Å². The molecule has 0 spiro atoms. The molecule has 2 heterocycles. The van der Waals surface area contributed by atoms with Crippen LogP contribution in [0.5, 0.6) is 0 Å². The molecule has 0 aliphatic carbocycles. The van der Waals surface area contributed by atoms with Crippen LogP contribution >= 0.6 is 23.5 Å². The number of nitrogens with zero attached hydrogens (tertiary/aromatic N) is 1. The molecule has 23 heavy (non-hydrogen) atoms. The highest BCUT2D eigenvalue weighted by molar-refractivity contribution is 7.99. The monoisotopic (exact) mass is 347 g/mol. The molecule has 1 aromatic carbocycles. The van der Waals surface area contributed by atoms with Crippen LogP contribution in [-0.4, -0.2) is 41.2 Å². The first-order chi connectivity index (χ1) is 11.3. The molecule has 2 N–H and O–H groups in total. The Bertz CT molecular complexity index is 680. The van der Waals surface area contributed by atoms with E-state index in [2.05, 4.69) is 34.0 Å². The van der Waals surface area contributed by atoms with Gasteiger partial charge in [0.15, 0.2) is 0 Å². The number of fused-ring (bicyclic) bond motifs is 1. The molecule has 2 aromatic rings. The Labute approximate surface area is 145 Å². The number of amides is 1. The first kappa shape index (κ1) is 16.6. The number of thioether (sulfide) groups is 2. The third-order valence-electron chi connectivity index (χ3n) is 3.84. The average molecular weight is 348 g/mol. The second kappa shape index (κ2) is 8.04. The maximum Gasteiger partial charge on any atom is 0.238 e. The van der Waals surface area contributed by atoms with Gasteiger partial charge in [0.05, 0.1) is 16.9 Å². The van der Waals surface area contributed by atoms with E-state index < -0.39 is 0 Å². The number of hydrogen-bond acceptors (Lipinski definition) is 5. The molecule has 1 aliphatic heterocycles. The summed E-state index contributed by atoms with van der Waals surface area (Å²) in [7, 11) is 0. The van der Waals surface area contributed by atoms with Gasteiger partial charge in [-0.2, -0.15) is 11.8 Å². The average Bonchev–Trinajstić information content (AvgIpc) is 3.08. The van der Waals surface area contributed by atoms with Crippen LogP contribution in [-0.2, 0) is 4.79 Å². The van der Waals surface area contributed by atoms with Gasteiger partial charge in [-0.15, -0.1) is 11.8 Å². The number of nitrogens with one attached hydrogen (secondary N) is 2. The quantitative estimate of drug-likeness (QED) is 0.787. The SMILES string of the molecule is CSCCCNC(=O)C1CSC(c2cnc3ccccc3c2)N1. The Morgan fingerprint density at radius 3 is 3.22 bits per heavy atom. The summed E-state index contributed by atoms with van der Waals surface area (Å²) in [6.45, 7) is 0.755. The highest BCUT2D eigenvalue weighted by Crippen LogP contribution is 2.33. The Hall–Kier alpha value is -1.24. The van der Waals surface area contributed by atoms with E-state index >= 15 is 0 Å². The third-order valence-corrected chi connectivity index (χ3v) is 5.80. The van der Waals surface area contributed by atoms with Crippen molar-refractivity contribution in [3.8, 4) is 0 Å². The molecule has 122 valence electrons. The van der Waals surface area contributed by atoms with Gasteiger partial charge in [-0.05, 0) is 36.1 Å². The lowest BCUT2D eigenvalue weighted by Crippen LogP contribution is -2.42. The summed E-state index contributed by atoms with van der Waals surface area (Å²) < 4.78 is 0. The van der Waals surface area contributed by atoms with E-state index in [1.54, 1.807) is 23.5 Å². The van der Waals surface area contributed by atoms with Crippen LogP contribution in [0, 0.1) is 0 Å². The van der Waals surface area contributed by atoms with Crippen molar-refractivity contribution < 1.29 is 4.79 Å². The van der Waals surface area contributed by atoms with Crippen LogP contribution in [0.2, 0.25) is 0 Å². The lowest BCUT2D eigenvalue weighted by molar-refractivity contribution is -0.122. The molecule has 1 fully saturated rings. The van der Waals surface area contributed by atoms with E-state index in [9.17, 15) is 4.79 Å². The summed E-state index contributed by atoms with van der Waals surface area (Å²) in [6, 6.07) is 10.1. The molecule has 4 nitrogen and oxygen atoms in total. The van der Waals surface area contributed by atoms with Crippen LogP contribution in [0.3, 0.4) is 0 Å². The second-order valence-corrected chi connectivity index (χ2v) is 7.66. The van der Waals surface area contributed by atoms with E-state index in [4.69, 9.17) is 0 Å². The van der Waals surface area contributed by atoms with Gasteiger partial charge >= 0.3 is 0 Å². The molecule has 6 heteroatoms. The zero-order valence-corrected chi connectivity index (χ0v) is 14.8. The van der Waals surface area contributed by atoms with Crippen molar-refractivity contribution in [3.05, 3.63) is 42.1 Å². The molecule has 1 aromatic heterocycles. The molecule has 0 radical (unpaired) electrons. The van der Waals surface area contributed by atoms with Crippen LogP contribution in [0.25, 0.3) is 10.9 Å². The van der Waals surface area contributed by atoms with E-state index in [1.807, 2.05) is 24.4 Å². The molecule has 2 unspecified atom stereocenters. The van der Waals surface area contributed by atoms with Crippen LogP contribution in [0.1, 0.15) is 17.4 Å². The Balaban J connectivity index is 1.59. The molecular formula is C17H21N3OS2. The summed E-state index contributed by atoms with van der Waals surface area (Å²) in [5.74, 6) is 1.99. The van der Waals surface area contributed by atoms with Crippen molar-refractivity contribution in [3.63, 3.8) is 0 Å². The van der Waals surface area contributed by atoms with Gasteiger partial charge in [-0.3, -0.25) is 15.1 Å². The lowest BCUT2D eigenvalue weighted by atomic mass is 10.1. The van der Waals surface area contributed by atoms with Crippen molar-refractivity contribution in [2.24, 2.45) is 0 Å². The molecule has 1 aliphatic rings. The Kier molecular flexibility index (Phi) is 5.80. The topological polar surface area (TPSA) is 54.0 Å². The maximum absolute atomic E-state index is 12.2. The molecule has 1 amide bonds. The van der Waals surface area contributed by atoms with E-state index in [-0.39, 0.29) is 17.3 Å². The van der Waals surface area contributed by atoms with Gasteiger partial charge < -0.3 is 5.32 Å². The summed E-state index contributed by atoms with van der Waals surface area (Å²) in [4.78, 5) is 16.7. The molecule has 1 saturated heterocycles.